The minimum atomic E-state index is -2.15. The number of aliphatic hydroxyl groups is 23. The summed E-state index contributed by atoms with van der Waals surface area (Å²) in [5, 5.41) is 252. The second-order valence-corrected chi connectivity index (χ2v) is 26.2. The van der Waals surface area contributed by atoms with Gasteiger partial charge in [0.1, 0.15) is 189 Å². The van der Waals surface area contributed by atoms with E-state index in [4.69, 9.17) is 71.1 Å². The summed E-state index contributed by atoms with van der Waals surface area (Å²) in [7, 11) is 0. The fourth-order valence-corrected chi connectivity index (χ4v) is 13.6. The molecule has 0 bridgehead atoms. The molecule has 9 rings (SSSR count). The zero-order valence-electron chi connectivity index (χ0n) is 53.5. The van der Waals surface area contributed by atoms with Crippen molar-refractivity contribution in [2.45, 2.75) is 286 Å². The second kappa shape index (κ2) is 34.5. The van der Waals surface area contributed by atoms with Crippen molar-refractivity contribution in [3.63, 3.8) is 0 Å². The van der Waals surface area contributed by atoms with Crippen LogP contribution in [0.25, 0.3) is 0 Å². The van der Waals surface area contributed by atoms with Crippen LogP contribution in [0.4, 0.5) is 0 Å². The molecule has 566 valence electrons. The van der Waals surface area contributed by atoms with Gasteiger partial charge in [0.25, 0.3) is 0 Å². The topological polar surface area (TPSA) is 610 Å². The smallest absolute Gasteiger partial charge is 0.187 e. The highest BCUT2D eigenvalue weighted by Crippen LogP contribution is 2.39. The number of hydrogen-bond acceptors (Lipinski definition) is 40. The lowest BCUT2D eigenvalue weighted by Gasteiger charge is -2.51. The Labute approximate surface area is 555 Å². The lowest BCUT2D eigenvalue weighted by Crippen LogP contribution is -2.68. The molecule has 9 aliphatic rings. The molecule has 23 N–H and O–H groups in total. The Hall–Kier alpha value is -1.60. The Morgan fingerprint density at radius 2 is 0.526 bits per heavy atom. The van der Waals surface area contributed by atoms with Gasteiger partial charge < -0.3 is 189 Å². The molecule has 97 heavy (non-hydrogen) atoms. The van der Waals surface area contributed by atoms with Crippen LogP contribution >= 0.6 is 0 Å². The van der Waals surface area contributed by atoms with E-state index in [2.05, 4.69) is 4.90 Å². The molecule has 0 aromatic rings. The molecule has 0 radical (unpaired) electrons. The third kappa shape index (κ3) is 16.9. The highest BCUT2D eigenvalue weighted by molar-refractivity contribution is 5.02. The predicted octanol–water partition coefficient (Wildman–Crippen LogP) is -14.9. The van der Waals surface area contributed by atoms with Gasteiger partial charge in [0.2, 0.25) is 0 Å². The fourth-order valence-electron chi connectivity index (χ4n) is 13.6. The maximum absolute atomic E-state index is 12.0. The molecular weight excluding hydrogens is 1320 g/mol. The monoisotopic (exact) mass is 1420 g/mol. The minimum Gasteiger partial charge on any atom is -0.394 e. The van der Waals surface area contributed by atoms with Crippen LogP contribution in [-0.2, 0) is 71.1 Å². The highest BCUT2D eigenvalue weighted by Gasteiger charge is 2.59. The third-order valence-corrected chi connectivity index (χ3v) is 19.5. The molecule has 9 aliphatic heterocycles. The molecule has 0 saturated carbocycles. The van der Waals surface area contributed by atoms with E-state index in [0.717, 1.165) is 0 Å². The maximum atomic E-state index is 12.0. The van der Waals surface area contributed by atoms with Crippen molar-refractivity contribution < 1.29 is 189 Å². The van der Waals surface area contributed by atoms with Crippen LogP contribution in [0.3, 0.4) is 0 Å². The first-order valence-corrected chi connectivity index (χ1v) is 32.6. The summed E-state index contributed by atoms with van der Waals surface area (Å²) in [6.45, 7) is 3.58. The zero-order valence-corrected chi connectivity index (χ0v) is 53.5. The summed E-state index contributed by atoms with van der Waals surface area (Å²) in [5.41, 5.74) is 0. The number of piperazine rings is 1. The van der Waals surface area contributed by atoms with E-state index in [1.54, 1.807) is 6.92 Å². The zero-order chi connectivity index (χ0) is 70.9. The van der Waals surface area contributed by atoms with Crippen LogP contribution in [0.2, 0.25) is 0 Å². The van der Waals surface area contributed by atoms with Crippen molar-refractivity contribution in [2.24, 2.45) is 0 Å². The largest absolute Gasteiger partial charge is 0.394 e. The summed E-state index contributed by atoms with van der Waals surface area (Å²) < 4.78 is 87.5. The quantitative estimate of drug-likeness (QED) is 0.0427. The van der Waals surface area contributed by atoms with E-state index in [0.29, 0.717) is 26.2 Å². The van der Waals surface area contributed by atoms with Crippen molar-refractivity contribution in [2.75, 3.05) is 72.4 Å². The maximum Gasteiger partial charge on any atom is 0.187 e. The summed E-state index contributed by atoms with van der Waals surface area (Å²) in [4.78, 5) is 4.14. The van der Waals surface area contributed by atoms with Gasteiger partial charge in [-0.2, -0.15) is 0 Å². The predicted molar refractivity (Wildman–Crippen MR) is 307 cm³/mol. The van der Waals surface area contributed by atoms with E-state index in [9.17, 15) is 117 Å². The molecule has 9 heterocycles. The lowest BCUT2D eigenvalue weighted by atomic mass is 9.94. The normalized spacial score (nSPS) is 51.6. The molecule has 9 saturated heterocycles. The number of nitrogens with zero attached hydrogens (tertiary/aromatic N) is 2. The molecule has 0 aromatic carbocycles. The lowest BCUT2D eigenvalue weighted by molar-refractivity contribution is -0.397. The van der Waals surface area contributed by atoms with Crippen molar-refractivity contribution >= 4 is 0 Å². The summed E-state index contributed by atoms with van der Waals surface area (Å²) in [6, 6.07) is 0.180. The number of ether oxygens (including phenoxy) is 15. The van der Waals surface area contributed by atoms with Gasteiger partial charge in [0.15, 0.2) is 44.0 Å². The molecule has 40 heteroatoms. The van der Waals surface area contributed by atoms with Gasteiger partial charge in [-0.3, -0.25) is 9.80 Å². The molecule has 0 aromatic heterocycles. The van der Waals surface area contributed by atoms with Crippen LogP contribution < -0.4 is 0 Å². The minimum absolute atomic E-state index is 0.0424. The van der Waals surface area contributed by atoms with Gasteiger partial charge in [-0.1, -0.05) is 6.92 Å². The summed E-state index contributed by atoms with van der Waals surface area (Å²) >= 11 is 0. The molecule has 40 nitrogen and oxygen atoms in total. The fraction of sp³-hybridized carbons (Fsp3) is 1.00. The van der Waals surface area contributed by atoms with Gasteiger partial charge >= 0.3 is 0 Å². The van der Waals surface area contributed by atoms with E-state index < -0.39 is 285 Å². The Morgan fingerprint density at radius 1 is 0.289 bits per heavy atom. The first-order chi connectivity index (χ1) is 46.1. The van der Waals surface area contributed by atoms with Gasteiger partial charge in [-0.05, 0) is 27.2 Å². The van der Waals surface area contributed by atoms with Crippen LogP contribution in [0.1, 0.15) is 34.1 Å². The molecule has 0 spiro atoms. The Balaban J connectivity index is 0.837. The molecule has 40 atom stereocenters. The average molecular weight is 1420 g/mol. The van der Waals surface area contributed by atoms with Crippen LogP contribution in [0.5, 0.6) is 0 Å². The molecule has 0 amide bonds. The van der Waals surface area contributed by atoms with Gasteiger partial charge in [0.05, 0.1) is 51.8 Å². The van der Waals surface area contributed by atoms with Crippen LogP contribution in [-0.4, -0.2) is 451 Å². The Bertz CT molecular complexity index is 2360. The SMILES string of the molecule is CCC1OC(OC2C(CO)OC(OC3C(CO)OC(OC4C(CO)OC(C)C(O)C4O)C(O)C3O)C(O)C2O)C(O)C(O)C1OC1OC(CN2CCN(C(C)C)CC2)C(OC2OC(CO)C(OC3OC(CO)C(OC4OC(CO)C(O)C(O)C4O)C(O)C3O)C(O)C2O)C(O)C1O. The molecule has 40 unspecified atom stereocenters. The molecule has 9 fully saturated rings. The molecule has 0 aliphatic carbocycles. The summed E-state index contributed by atoms with van der Waals surface area (Å²) in [6.07, 6.45) is -72.0. The van der Waals surface area contributed by atoms with Crippen molar-refractivity contribution in [3.05, 3.63) is 0 Å². The van der Waals surface area contributed by atoms with Gasteiger partial charge in [-0.25, -0.2) is 0 Å². The standard InChI is InChI=1S/C57H100N2O38/c1-5-19-44(31(70)38(77)52(84-19)95-48-24(14-63)90-57(43(82)35(48)74)97-50-26(16-65)88-55(41(80)36(50)75)93-46-22(12-61)83-18(4)27(66)30(46)69)91-53-39(78)32(71)45(20(85-53)10-58-6-8-59(9-7-58)17(2)3)92-54-40(79)33(72)49(25(15-64)87-54)96-56-42(81)34(73)47(23(13-62)89-56)94-51-37(76)29(68)28(67)21(11-60)86-51/h17-57,60-82H,5-16H2,1-4H3. The summed E-state index contributed by atoms with van der Waals surface area (Å²) in [5.74, 6) is 0. The van der Waals surface area contributed by atoms with Gasteiger partial charge in [-0.15, -0.1) is 0 Å². The highest BCUT2D eigenvalue weighted by atomic mass is 16.8. The number of hydrogen-bond donors (Lipinski definition) is 23. The number of aliphatic hydroxyl groups excluding tert-OH is 23. The van der Waals surface area contributed by atoms with E-state index in [1.807, 2.05) is 18.7 Å². The van der Waals surface area contributed by atoms with Crippen LogP contribution in [0, 0.1) is 0 Å². The van der Waals surface area contributed by atoms with E-state index >= 15 is 0 Å². The van der Waals surface area contributed by atoms with E-state index in [1.165, 1.54) is 6.92 Å². The van der Waals surface area contributed by atoms with Crippen LogP contribution in [0.15, 0.2) is 0 Å². The Morgan fingerprint density at radius 3 is 0.814 bits per heavy atom. The second-order valence-electron chi connectivity index (χ2n) is 26.2. The van der Waals surface area contributed by atoms with Crippen molar-refractivity contribution in [1.29, 1.82) is 0 Å². The van der Waals surface area contributed by atoms with Gasteiger partial charge in [0, 0.05) is 38.8 Å². The first kappa shape index (κ1) is 79.5. The first-order valence-electron chi connectivity index (χ1n) is 32.6. The average Bonchev–Trinajstić information content (AvgIpc) is 0.785. The number of rotatable bonds is 24. The van der Waals surface area contributed by atoms with Crippen molar-refractivity contribution in [1.82, 2.24) is 9.80 Å². The molecular formula is C57H100N2O38. The van der Waals surface area contributed by atoms with Crippen molar-refractivity contribution in [3.8, 4) is 0 Å². The Kier molecular flexibility index (Phi) is 28.3. The third-order valence-electron chi connectivity index (χ3n) is 19.5. The van der Waals surface area contributed by atoms with E-state index in [-0.39, 0.29) is 19.0 Å².